The molecular weight excluding hydrogens is 419 g/mol. The van der Waals surface area contributed by atoms with E-state index in [0.717, 1.165) is 17.0 Å². The Morgan fingerprint density at radius 3 is 2.55 bits per heavy atom. The molecule has 0 unspecified atom stereocenters. The van der Waals surface area contributed by atoms with Crippen LogP contribution in [0.1, 0.15) is 12.0 Å². The molecule has 0 aliphatic carbocycles. The fourth-order valence-electron chi connectivity index (χ4n) is 2.85. The highest BCUT2D eigenvalue weighted by molar-refractivity contribution is 14.1. The molecule has 1 spiro atoms. The summed E-state index contributed by atoms with van der Waals surface area (Å²) in [5.74, 6) is 0.855. The standard InChI is InChI=1S/C14H17IN2O4S/c1-20-12-4-2-11(3-5-12)8-17-14(9-21-10-14)13(16-15)6-7-22(17,18)19/h2-5H,6-10H2,1H3/b16-13+. The number of hydrogen-bond donors (Lipinski definition) is 0. The molecule has 0 bridgehead atoms. The van der Waals surface area contributed by atoms with E-state index in [1.54, 1.807) is 11.4 Å². The molecule has 2 saturated heterocycles. The van der Waals surface area contributed by atoms with E-state index in [1.165, 1.54) is 0 Å². The third-order valence-electron chi connectivity index (χ3n) is 4.22. The van der Waals surface area contributed by atoms with Gasteiger partial charge in [-0.2, -0.15) is 4.31 Å². The molecule has 2 aliphatic rings. The number of halogens is 1. The summed E-state index contributed by atoms with van der Waals surface area (Å²) in [6.07, 6.45) is 0.480. The molecule has 8 heteroatoms. The molecule has 0 amide bonds. The summed E-state index contributed by atoms with van der Waals surface area (Å²) in [5.41, 5.74) is 1.23. The fourth-order valence-corrected chi connectivity index (χ4v) is 5.30. The van der Waals surface area contributed by atoms with Crippen molar-refractivity contribution in [1.29, 1.82) is 0 Å². The Bertz CT molecular complexity index is 683. The Balaban J connectivity index is 1.93. The first-order valence-electron chi connectivity index (χ1n) is 6.91. The van der Waals surface area contributed by atoms with Gasteiger partial charge in [0.2, 0.25) is 10.0 Å². The van der Waals surface area contributed by atoms with Crippen LogP contribution in [0.15, 0.2) is 27.5 Å². The predicted octanol–water partition coefficient (Wildman–Crippen LogP) is 1.79. The van der Waals surface area contributed by atoms with Crippen molar-refractivity contribution in [3.8, 4) is 5.75 Å². The quantitative estimate of drug-likeness (QED) is 0.678. The van der Waals surface area contributed by atoms with E-state index in [1.807, 2.05) is 47.1 Å². The molecule has 6 nitrogen and oxygen atoms in total. The van der Waals surface area contributed by atoms with Crippen molar-refractivity contribution < 1.29 is 17.9 Å². The average Bonchev–Trinajstić information content (AvgIpc) is 2.48. The first kappa shape index (κ1) is 16.2. The lowest BCUT2D eigenvalue weighted by Gasteiger charge is -2.51. The highest BCUT2D eigenvalue weighted by Gasteiger charge is 2.55. The second-order valence-corrected chi connectivity index (χ2v) is 7.97. The average molecular weight is 436 g/mol. The third kappa shape index (κ3) is 2.66. The van der Waals surface area contributed by atoms with Crippen LogP contribution >= 0.6 is 22.9 Å². The van der Waals surface area contributed by atoms with Crippen molar-refractivity contribution >= 4 is 38.6 Å². The van der Waals surface area contributed by atoms with Crippen LogP contribution < -0.4 is 4.74 Å². The van der Waals surface area contributed by atoms with E-state index in [2.05, 4.69) is 3.21 Å². The first-order valence-corrected chi connectivity index (χ1v) is 9.49. The smallest absolute Gasteiger partial charge is 0.215 e. The number of rotatable bonds is 3. The van der Waals surface area contributed by atoms with Gasteiger partial charge in [-0.3, -0.25) is 0 Å². The van der Waals surface area contributed by atoms with Crippen molar-refractivity contribution in [3.05, 3.63) is 29.8 Å². The zero-order chi connectivity index (χ0) is 15.8. The molecule has 0 saturated carbocycles. The van der Waals surface area contributed by atoms with Crippen molar-refractivity contribution in [1.82, 2.24) is 4.31 Å². The lowest BCUT2D eigenvalue weighted by Crippen LogP contribution is -2.70. The van der Waals surface area contributed by atoms with Gasteiger partial charge in [0.1, 0.15) is 11.3 Å². The highest BCUT2D eigenvalue weighted by Crippen LogP contribution is 2.37. The molecule has 0 N–H and O–H groups in total. The molecule has 2 heterocycles. The summed E-state index contributed by atoms with van der Waals surface area (Å²) >= 11 is 1.95. The minimum absolute atomic E-state index is 0.104. The van der Waals surface area contributed by atoms with Crippen LogP contribution in [-0.2, 0) is 21.3 Å². The Morgan fingerprint density at radius 2 is 2.05 bits per heavy atom. The maximum Gasteiger partial charge on any atom is 0.215 e. The Kier molecular flexibility index (Phi) is 4.45. The molecule has 0 atom stereocenters. The van der Waals surface area contributed by atoms with Gasteiger partial charge in [0.05, 0.1) is 54.7 Å². The normalized spacial score (nSPS) is 25.1. The van der Waals surface area contributed by atoms with E-state index in [9.17, 15) is 8.42 Å². The largest absolute Gasteiger partial charge is 0.497 e. The molecule has 1 aromatic carbocycles. The van der Waals surface area contributed by atoms with E-state index >= 15 is 0 Å². The lowest BCUT2D eigenvalue weighted by atomic mass is 9.88. The van der Waals surface area contributed by atoms with Gasteiger partial charge in [-0.25, -0.2) is 11.6 Å². The van der Waals surface area contributed by atoms with Crippen molar-refractivity contribution in [2.75, 3.05) is 26.1 Å². The second-order valence-electron chi connectivity index (χ2n) is 5.48. The molecule has 22 heavy (non-hydrogen) atoms. The van der Waals surface area contributed by atoms with Gasteiger partial charge < -0.3 is 9.47 Å². The summed E-state index contributed by atoms with van der Waals surface area (Å²) in [5, 5.41) is 0. The zero-order valence-corrected chi connectivity index (χ0v) is 15.1. The highest BCUT2D eigenvalue weighted by atomic mass is 127. The Morgan fingerprint density at radius 1 is 1.36 bits per heavy atom. The van der Waals surface area contributed by atoms with Crippen LogP contribution in [0.4, 0.5) is 0 Å². The molecule has 3 rings (SSSR count). The van der Waals surface area contributed by atoms with E-state index in [4.69, 9.17) is 9.47 Å². The summed E-state index contributed by atoms with van der Waals surface area (Å²) in [7, 11) is -1.71. The molecule has 2 aliphatic heterocycles. The summed E-state index contributed by atoms with van der Waals surface area (Å²) < 4.78 is 41.5. The number of ether oxygens (including phenoxy) is 2. The van der Waals surface area contributed by atoms with Crippen molar-refractivity contribution in [2.45, 2.75) is 18.5 Å². The second kappa shape index (κ2) is 6.06. The lowest BCUT2D eigenvalue weighted by molar-refractivity contribution is -0.0759. The summed E-state index contributed by atoms with van der Waals surface area (Å²) in [6.45, 7) is 1.08. The minimum Gasteiger partial charge on any atom is -0.497 e. The fraction of sp³-hybridized carbons (Fsp3) is 0.500. The van der Waals surface area contributed by atoms with Crippen LogP contribution in [0.3, 0.4) is 0 Å². The zero-order valence-electron chi connectivity index (χ0n) is 12.2. The Labute approximate surface area is 144 Å². The number of methoxy groups -OCH3 is 1. The molecular formula is C14H17IN2O4S. The number of nitrogens with zero attached hydrogens (tertiary/aromatic N) is 2. The minimum atomic E-state index is -3.31. The SMILES string of the molecule is COc1ccc(CN2C3(COC3)/C(=N/I)CCS2(=O)=O)cc1. The monoisotopic (exact) mass is 436 g/mol. The summed E-state index contributed by atoms with van der Waals surface area (Å²) in [4.78, 5) is 0. The van der Waals surface area contributed by atoms with Gasteiger partial charge >= 0.3 is 0 Å². The predicted molar refractivity (Wildman–Crippen MR) is 91.9 cm³/mol. The van der Waals surface area contributed by atoms with E-state index in [-0.39, 0.29) is 5.75 Å². The van der Waals surface area contributed by atoms with Gasteiger partial charge in [-0.1, -0.05) is 12.1 Å². The first-order chi connectivity index (χ1) is 10.5. The van der Waals surface area contributed by atoms with Crippen LogP contribution in [0.25, 0.3) is 0 Å². The Hall–Kier alpha value is -0.710. The van der Waals surface area contributed by atoms with E-state index in [0.29, 0.717) is 26.2 Å². The van der Waals surface area contributed by atoms with E-state index < -0.39 is 15.6 Å². The number of hydrogen-bond acceptors (Lipinski definition) is 5. The molecule has 2 fully saturated rings. The van der Waals surface area contributed by atoms with Crippen molar-refractivity contribution in [2.24, 2.45) is 3.21 Å². The number of sulfonamides is 1. The summed E-state index contributed by atoms with van der Waals surface area (Å²) in [6, 6.07) is 7.44. The van der Waals surface area contributed by atoms with Crippen LogP contribution in [-0.4, -0.2) is 50.1 Å². The molecule has 0 aromatic heterocycles. The topological polar surface area (TPSA) is 68.2 Å². The number of benzene rings is 1. The third-order valence-corrected chi connectivity index (χ3v) is 6.67. The van der Waals surface area contributed by atoms with Crippen LogP contribution in [0, 0.1) is 0 Å². The van der Waals surface area contributed by atoms with Gasteiger partial charge in [-0.15, -0.1) is 0 Å². The van der Waals surface area contributed by atoms with Crippen LogP contribution in [0.2, 0.25) is 0 Å². The van der Waals surface area contributed by atoms with Gasteiger partial charge in [-0.05, 0) is 17.7 Å². The van der Waals surface area contributed by atoms with Gasteiger partial charge in [0.15, 0.2) is 0 Å². The molecule has 120 valence electrons. The van der Waals surface area contributed by atoms with Gasteiger partial charge in [0.25, 0.3) is 0 Å². The van der Waals surface area contributed by atoms with Crippen LogP contribution in [0.5, 0.6) is 5.75 Å². The van der Waals surface area contributed by atoms with Crippen molar-refractivity contribution in [3.63, 3.8) is 0 Å². The molecule has 1 aromatic rings. The van der Waals surface area contributed by atoms with Gasteiger partial charge in [0, 0.05) is 13.0 Å². The maximum absolute atomic E-state index is 12.6. The maximum atomic E-state index is 12.6. The molecule has 0 radical (unpaired) electrons.